The summed E-state index contributed by atoms with van der Waals surface area (Å²) in [7, 11) is 4.43. The first kappa shape index (κ1) is 28.7. The molecule has 0 saturated carbocycles. The third kappa shape index (κ3) is 6.45. The van der Waals surface area contributed by atoms with Crippen LogP contribution in [-0.2, 0) is 21.3 Å². The molecule has 1 N–H and O–H groups in total. The number of benzene rings is 2. The first-order chi connectivity index (χ1) is 19.4. The van der Waals surface area contributed by atoms with Crippen LogP contribution in [0.1, 0.15) is 28.0 Å². The van der Waals surface area contributed by atoms with Gasteiger partial charge < -0.3 is 33.4 Å². The van der Waals surface area contributed by atoms with E-state index in [0.717, 1.165) is 5.56 Å². The average molecular weight is 570 g/mol. The Bertz CT molecular complexity index is 1480. The third-order valence-electron chi connectivity index (χ3n) is 6.10. The average Bonchev–Trinajstić information content (AvgIpc) is 3.40. The standard InChI is InChI=1S/C28H31N3O8S/c1-17-22(16-40(33)28-30-20-14-25(35-3)26(36-4)15-21(20)31-28)29-10-9-23(17)39-12-6-11-38-18-7-8-19(27(32)37-5)24(13-18)34-2/h7-10,13-15H,6,11-12,16H2,1-5H3,(H,30,31). The van der Waals surface area contributed by atoms with Crippen LogP contribution in [0, 0.1) is 6.92 Å². The number of ether oxygens (including phenoxy) is 6. The van der Waals surface area contributed by atoms with Gasteiger partial charge in [0, 0.05) is 36.4 Å². The molecule has 11 nitrogen and oxygen atoms in total. The molecule has 0 aliphatic carbocycles. The number of carbonyl (C=O) groups is 1. The number of aromatic nitrogens is 3. The number of aromatic amines is 1. The second-order valence-electron chi connectivity index (χ2n) is 8.54. The highest BCUT2D eigenvalue weighted by atomic mass is 32.2. The topological polar surface area (TPSA) is 131 Å². The molecule has 40 heavy (non-hydrogen) atoms. The van der Waals surface area contributed by atoms with E-state index in [0.29, 0.717) is 75.8 Å². The van der Waals surface area contributed by atoms with Gasteiger partial charge in [-0.2, -0.15) is 0 Å². The van der Waals surface area contributed by atoms with Crippen LogP contribution in [0.2, 0.25) is 0 Å². The van der Waals surface area contributed by atoms with E-state index in [-0.39, 0.29) is 5.75 Å². The number of nitrogens with one attached hydrogen (secondary N) is 1. The van der Waals surface area contributed by atoms with Crippen molar-refractivity contribution < 1.29 is 37.4 Å². The maximum absolute atomic E-state index is 13.1. The zero-order chi connectivity index (χ0) is 28.6. The lowest BCUT2D eigenvalue weighted by Crippen LogP contribution is -2.08. The van der Waals surface area contributed by atoms with Crippen molar-refractivity contribution in [1.29, 1.82) is 0 Å². The Kier molecular flexibility index (Phi) is 9.43. The molecule has 0 amide bonds. The predicted molar refractivity (Wildman–Crippen MR) is 148 cm³/mol. The SMILES string of the molecule is COC(=O)c1ccc(OCCCOc2ccnc(CS(=O)c3nc4cc(OC)c(OC)cc4[nH]3)c2C)cc1OC. The molecule has 1 unspecified atom stereocenters. The normalized spacial score (nSPS) is 11.6. The van der Waals surface area contributed by atoms with Crippen LogP contribution in [0.15, 0.2) is 47.8 Å². The Hall–Kier alpha value is -4.32. The fraction of sp³-hybridized carbons (Fsp3) is 0.321. The van der Waals surface area contributed by atoms with Gasteiger partial charge in [-0.3, -0.25) is 9.19 Å². The van der Waals surface area contributed by atoms with Gasteiger partial charge in [-0.05, 0) is 25.1 Å². The third-order valence-corrected chi connectivity index (χ3v) is 7.26. The fourth-order valence-electron chi connectivity index (χ4n) is 3.95. The van der Waals surface area contributed by atoms with E-state index in [9.17, 15) is 9.00 Å². The summed E-state index contributed by atoms with van der Waals surface area (Å²) in [6.07, 6.45) is 2.24. The maximum atomic E-state index is 13.1. The summed E-state index contributed by atoms with van der Waals surface area (Å²) in [6, 6.07) is 10.2. The lowest BCUT2D eigenvalue weighted by atomic mass is 10.2. The summed E-state index contributed by atoms with van der Waals surface area (Å²) in [6.45, 7) is 2.68. The van der Waals surface area contributed by atoms with Gasteiger partial charge in [0.2, 0.25) is 0 Å². The van der Waals surface area contributed by atoms with E-state index < -0.39 is 16.8 Å². The van der Waals surface area contributed by atoms with E-state index in [4.69, 9.17) is 28.4 Å². The molecular formula is C28H31N3O8S. The molecule has 0 spiro atoms. The van der Waals surface area contributed by atoms with Crippen molar-refractivity contribution in [3.8, 4) is 28.7 Å². The maximum Gasteiger partial charge on any atom is 0.341 e. The number of H-pyrrole nitrogens is 1. The van der Waals surface area contributed by atoms with Gasteiger partial charge in [-0.1, -0.05) is 0 Å². The van der Waals surface area contributed by atoms with Gasteiger partial charge in [0.25, 0.3) is 0 Å². The molecule has 2 aromatic heterocycles. The predicted octanol–water partition coefficient (Wildman–Crippen LogP) is 4.23. The molecule has 2 heterocycles. The van der Waals surface area contributed by atoms with Crippen LogP contribution in [0.3, 0.4) is 0 Å². The minimum absolute atomic E-state index is 0.170. The molecule has 0 aliphatic heterocycles. The van der Waals surface area contributed by atoms with Crippen LogP contribution in [0.4, 0.5) is 0 Å². The quantitative estimate of drug-likeness (QED) is 0.184. The van der Waals surface area contributed by atoms with Gasteiger partial charge in [-0.15, -0.1) is 0 Å². The van der Waals surface area contributed by atoms with Gasteiger partial charge >= 0.3 is 5.97 Å². The van der Waals surface area contributed by atoms with Crippen LogP contribution < -0.4 is 23.7 Å². The number of hydrogen-bond acceptors (Lipinski definition) is 10. The Morgan fingerprint density at radius 3 is 2.35 bits per heavy atom. The Labute approximate surface area is 234 Å². The minimum atomic E-state index is -1.47. The first-order valence-electron chi connectivity index (χ1n) is 12.3. The Morgan fingerprint density at radius 1 is 0.900 bits per heavy atom. The molecule has 2 aromatic carbocycles. The van der Waals surface area contributed by atoms with Crippen molar-refractivity contribution in [2.45, 2.75) is 24.3 Å². The number of rotatable bonds is 13. The van der Waals surface area contributed by atoms with Crippen LogP contribution >= 0.6 is 0 Å². The zero-order valence-electron chi connectivity index (χ0n) is 22.9. The Balaban J connectivity index is 1.33. The van der Waals surface area contributed by atoms with Crippen LogP contribution in [-0.4, -0.2) is 66.8 Å². The molecule has 0 saturated heterocycles. The molecule has 0 fully saturated rings. The molecule has 0 aliphatic rings. The van der Waals surface area contributed by atoms with Crippen molar-refractivity contribution >= 4 is 27.8 Å². The summed E-state index contributed by atoms with van der Waals surface area (Å²) < 4.78 is 45.5. The highest BCUT2D eigenvalue weighted by molar-refractivity contribution is 7.84. The fourth-order valence-corrected chi connectivity index (χ4v) is 5.05. The molecule has 1 atom stereocenters. The molecule has 4 rings (SSSR count). The smallest absolute Gasteiger partial charge is 0.341 e. The summed E-state index contributed by atoms with van der Waals surface area (Å²) in [5, 5.41) is 0.339. The first-order valence-corrected chi connectivity index (χ1v) is 13.7. The summed E-state index contributed by atoms with van der Waals surface area (Å²) >= 11 is 0. The Morgan fingerprint density at radius 2 is 1.62 bits per heavy atom. The van der Waals surface area contributed by atoms with Gasteiger partial charge in [0.05, 0.1) is 74.9 Å². The van der Waals surface area contributed by atoms with E-state index in [1.807, 2.05) is 6.92 Å². The number of pyridine rings is 1. The van der Waals surface area contributed by atoms with E-state index in [1.165, 1.54) is 14.2 Å². The van der Waals surface area contributed by atoms with E-state index in [1.54, 1.807) is 56.8 Å². The van der Waals surface area contributed by atoms with Crippen molar-refractivity contribution in [3.63, 3.8) is 0 Å². The summed E-state index contributed by atoms with van der Waals surface area (Å²) in [5.41, 5.74) is 3.11. The van der Waals surface area contributed by atoms with Crippen LogP contribution in [0.5, 0.6) is 28.7 Å². The van der Waals surface area contributed by atoms with Crippen molar-refractivity contribution in [2.75, 3.05) is 41.7 Å². The number of imidazole rings is 1. The zero-order valence-corrected chi connectivity index (χ0v) is 23.8. The van der Waals surface area contributed by atoms with Crippen LogP contribution in [0.25, 0.3) is 11.0 Å². The molecule has 0 radical (unpaired) electrons. The molecule has 4 aromatic rings. The van der Waals surface area contributed by atoms with Crippen molar-refractivity contribution in [2.24, 2.45) is 0 Å². The minimum Gasteiger partial charge on any atom is -0.496 e. The molecule has 12 heteroatoms. The van der Waals surface area contributed by atoms with Gasteiger partial charge in [-0.25, -0.2) is 9.78 Å². The highest BCUT2D eigenvalue weighted by Gasteiger charge is 2.17. The largest absolute Gasteiger partial charge is 0.496 e. The number of fused-ring (bicyclic) bond motifs is 1. The summed E-state index contributed by atoms with van der Waals surface area (Å²) in [4.78, 5) is 23.8. The van der Waals surface area contributed by atoms with Gasteiger partial charge in [0.1, 0.15) is 22.8 Å². The number of esters is 1. The second kappa shape index (κ2) is 13.2. The van der Waals surface area contributed by atoms with Crippen molar-refractivity contribution in [1.82, 2.24) is 15.0 Å². The summed E-state index contributed by atoms with van der Waals surface area (Å²) in [5.74, 6) is 2.39. The highest BCUT2D eigenvalue weighted by Crippen LogP contribution is 2.32. The van der Waals surface area contributed by atoms with E-state index >= 15 is 0 Å². The molecular weight excluding hydrogens is 538 g/mol. The number of methoxy groups -OCH3 is 4. The van der Waals surface area contributed by atoms with E-state index in [2.05, 4.69) is 15.0 Å². The number of hydrogen-bond donors (Lipinski definition) is 1. The lowest BCUT2D eigenvalue weighted by molar-refractivity contribution is 0.0597. The molecule has 212 valence electrons. The monoisotopic (exact) mass is 569 g/mol. The number of nitrogens with zero attached hydrogens (tertiary/aromatic N) is 2. The second-order valence-corrected chi connectivity index (χ2v) is 9.91. The van der Waals surface area contributed by atoms with Gasteiger partial charge in [0.15, 0.2) is 16.7 Å². The number of carbonyl (C=O) groups excluding carboxylic acids is 1. The lowest BCUT2D eigenvalue weighted by Gasteiger charge is -2.13. The molecule has 0 bridgehead atoms. The van der Waals surface area contributed by atoms with Crippen molar-refractivity contribution in [3.05, 3.63) is 59.4 Å².